The average molecular weight is 188 g/mol. The van der Waals surface area contributed by atoms with E-state index in [1.807, 2.05) is 0 Å². The van der Waals surface area contributed by atoms with Gasteiger partial charge < -0.3 is 4.79 Å². The van der Waals surface area contributed by atoms with Gasteiger partial charge in [-0.15, -0.1) is 0 Å². The first kappa shape index (κ1) is 9.45. The minimum Gasteiger partial charge on any atom is -0.303 e. The van der Waals surface area contributed by atoms with Crippen molar-refractivity contribution in [3.05, 3.63) is 34.9 Å². The fourth-order valence-electron chi connectivity index (χ4n) is 2.13. The summed E-state index contributed by atoms with van der Waals surface area (Å²) in [5, 5.41) is 0. The monoisotopic (exact) mass is 188 g/mol. The number of fused-ring (bicyclic) bond motifs is 1. The molecule has 1 aliphatic rings. The zero-order valence-corrected chi connectivity index (χ0v) is 8.79. The molecule has 1 atom stereocenters. The maximum absolute atomic E-state index is 10.7. The average Bonchev–Trinajstić information content (AvgIpc) is 2.58. The molecule has 0 aromatic heterocycles. The topological polar surface area (TPSA) is 17.1 Å². The van der Waals surface area contributed by atoms with Gasteiger partial charge >= 0.3 is 0 Å². The number of rotatable bonds is 2. The second kappa shape index (κ2) is 3.56. The van der Waals surface area contributed by atoms with Crippen LogP contribution >= 0.6 is 0 Å². The quantitative estimate of drug-likeness (QED) is 0.652. The maximum Gasteiger partial charge on any atom is 0.123 e. The summed E-state index contributed by atoms with van der Waals surface area (Å²) in [7, 11) is 0. The van der Waals surface area contributed by atoms with E-state index in [2.05, 4.69) is 32.0 Å². The van der Waals surface area contributed by atoms with Crippen molar-refractivity contribution >= 4 is 6.29 Å². The van der Waals surface area contributed by atoms with Crippen molar-refractivity contribution in [3.8, 4) is 0 Å². The number of carbonyl (C=O) groups is 1. The van der Waals surface area contributed by atoms with E-state index in [1.165, 1.54) is 16.7 Å². The van der Waals surface area contributed by atoms with Gasteiger partial charge in [-0.1, -0.05) is 32.0 Å². The molecule has 0 radical (unpaired) electrons. The van der Waals surface area contributed by atoms with E-state index in [0.29, 0.717) is 5.92 Å². The number of hydrogen-bond acceptors (Lipinski definition) is 1. The van der Waals surface area contributed by atoms with Crippen LogP contribution in [0.5, 0.6) is 0 Å². The van der Waals surface area contributed by atoms with Crippen molar-refractivity contribution in [1.82, 2.24) is 0 Å². The Kier molecular flexibility index (Phi) is 2.40. The molecule has 2 rings (SSSR count). The summed E-state index contributed by atoms with van der Waals surface area (Å²) < 4.78 is 0. The molecule has 1 heteroatoms. The molecular weight excluding hydrogens is 172 g/mol. The van der Waals surface area contributed by atoms with E-state index in [1.54, 1.807) is 0 Å². The van der Waals surface area contributed by atoms with Crippen LogP contribution in [0, 0.1) is 5.92 Å². The van der Waals surface area contributed by atoms with Gasteiger partial charge in [0, 0.05) is 5.92 Å². The molecule has 1 aliphatic carbocycles. The van der Waals surface area contributed by atoms with E-state index in [4.69, 9.17) is 0 Å². The molecule has 0 N–H and O–H groups in total. The van der Waals surface area contributed by atoms with Crippen LogP contribution in [0.25, 0.3) is 0 Å². The Labute approximate surface area is 85.1 Å². The van der Waals surface area contributed by atoms with Crippen molar-refractivity contribution < 1.29 is 4.79 Å². The summed E-state index contributed by atoms with van der Waals surface area (Å²) in [6, 6.07) is 6.65. The van der Waals surface area contributed by atoms with Crippen molar-refractivity contribution in [2.45, 2.75) is 32.6 Å². The van der Waals surface area contributed by atoms with Crippen molar-refractivity contribution in [3.63, 3.8) is 0 Å². The van der Waals surface area contributed by atoms with Gasteiger partial charge in [-0.25, -0.2) is 0 Å². The SMILES string of the molecule is CC(C)c1ccc2c(c1)C[C@@H](C=O)C2. The van der Waals surface area contributed by atoms with Crippen LogP contribution in [0.15, 0.2) is 18.2 Å². The highest BCUT2D eigenvalue weighted by molar-refractivity contribution is 5.58. The molecule has 0 unspecified atom stereocenters. The standard InChI is InChI=1S/C13H16O/c1-9(2)11-3-4-12-5-10(8-14)6-13(12)7-11/h3-4,7-10H,5-6H2,1-2H3/t10-/m0/s1. The van der Waals surface area contributed by atoms with Crippen molar-refractivity contribution in [2.24, 2.45) is 5.92 Å². The fraction of sp³-hybridized carbons (Fsp3) is 0.462. The fourth-order valence-corrected chi connectivity index (χ4v) is 2.13. The minimum atomic E-state index is 0.229. The second-order valence-corrected chi connectivity index (χ2v) is 4.49. The van der Waals surface area contributed by atoms with E-state index in [-0.39, 0.29) is 5.92 Å². The van der Waals surface area contributed by atoms with Crippen molar-refractivity contribution in [2.75, 3.05) is 0 Å². The Morgan fingerprint density at radius 1 is 1.29 bits per heavy atom. The summed E-state index contributed by atoms with van der Waals surface area (Å²) in [5.41, 5.74) is 4.13. The van der Waals surface area contributed by atoms with Gasteiger partial charge in [0.05, 0.1) is 0 Å². The highest BCUT2D eigenvalue weighted by atomic mass is 16.1. The van der Waals surface area contributed by atoms with Crippen LogP contribution in [-0.4, -0.2) is 6.29 Å². The van der Waals surface area contributed by atoms with Gasteiger partial charge in [-0.2, -0.15) is 0 Å². The Morgan fingerprint density at radius 3 is 2.64 bits per heavy atom. The van der Waals surface area contributed by atoms with E-state index < -0.39 is 0 Å². The van der Waals surface area contributed by atoms with Gasteiger partial charge in [0.2, 0.25) is 0 Å². The predicted molar refractivity (Wildman–Crippen MR) is 57.5 cm³/mol. The molecule has 0 saturated carbocycles. The number of benzene rings is 1. The smallest absolute Gasteiger partial charge is 0.123 e. The molecule has 74 valence electrons. The molecular formula is C13H16O. The number of aldehydes is 1. The first-order chi connectivity index (χ1) is 6.70. The normalized spacial score (nSPS) is 19.8. The van der Waals surface area contributed by atoms with Crippen LogP contribution in [0.4, 0.5) is 0 Å². The van der Waals surface area contributed by atoms with Gasteiger partial charge in [0.1, 0.15) is 6.29 Å². The first-order valence-electron chi connectivity index (χ1n) is 5.27. The Morgan fingerprint density at radius 2 is 2.00 bits per heavy atom. The molecule has 1 nitrogen and oxygen atoms in total. The molecule has 0 bridgehead atoms. The lowest BCUT2D eigenvalue weighted by Crippen LogP contribution is -1.99. The molecule has 0 aliphatic heterocycles. The van der Waals surface area contributed by atoms with E-state index in [0.717, 1.165) is 19.1 Å². The van der Waals surface area contributed by atoms with Crippen LogP contribution in [0.3, 0.4) is 0 Å². The summed E-state index contributed by atoms with van der Waals surface area (Å²) >= 11 is 0. The second-order valence-electron chi connectivity index (χ2n) is 4.49. The lowest BCUT2D eigenvalue weighted by molar-refractivity contribution is -0.110. The molecule has 14 heavy (non-hydrogen) atoms. The first-order valence-corrected chi connectivity index (χ1v) is 5.27. The predicted octanol–water partition coefficient (Wildman–Crippen LogP) is 2.72. The zero-order chi connectivity index (χ0) is 10.1. The Bertz CT molecular complexity index is 352. The molecule has 0 amide bonds. The van der Waals surface area contributed by atoms with Crippen molar-refractivity contribution in [1.29, 1.82) is 0 Å². The molecule has 1 aromatic carbocycles. The zero-order valence-electron chi connectivity index (χ0n) is 8.79. The highest BCUT2D eigenvalue weighted by Crippen LogP contribution is 2.28. The molecule has 0 spiro atoms. The summed E-state index contributed by atoms with van der Waals surface area (Å²) in [6.45, 7) is 4.40. The molecule has 0 fully saturated rings. The van der Waals surface area contributed by atoms with Crippen LogP contribution in [0.2, 0.25) is 0 Å². The minimum absolute atomic E-state index is 0.229. The lowest BCUT2D eigenvalue weighted by Gasteiger charge is -2.07. The summed E-state index contributed by atoms with van der Waals surface area (Å²) in [4.78, 5) is 10.7. The molecule has 1 aromatic rings. The largest absolute Gasteiger partial charge is 0.303 e. The van der Waals surface area contributed by atoms with Crippen LogP contribution in [-0.2, 0) is 17.6 Å². The Balaban J connectivity index is 2.30. The van der Waals surface area contributed by atoms with Gasteiger partial charge in [0.15, 0.2) is 0 Å². The number of hydrogen-bond donors (Lipinski definition) is 0. The number of carbonyl (C=O) groups excluding carboxylic acids is 1. The Hall–Kier alpha value is -1.11. The van der Waals surface area contributed by atoms with Crippen LogP contribution in [0.1, 0.15) is 36.5 Å². The van der Waals surface area contributed by atoms with E-state index in [9.17, 15) is 4.79 Å². The van der Waals surface area contributed by atoms with Gasteiger partial charge in [0.25, 0.3) is 0 Å². The molecule has 0 heterocycles. The third-order valence-electron chi connectivity index (χ3n) is 3.05. The van der Waals surface area contributed by atoms with E-state index >= 15 is 0 Å². The van der Waals surface area contributed by atoms with Gasteiger partial charge in [-0.05, 0) is 35.4 Å². The third kappa shape index (κ3) is 1.59. The summed E-state index contributed by atoms with van der Waals surface area (Å²) in [6.07, 6.45) is 2.98. The van der Waals surface area contributed by atoms with Gasteiger partial charge in [-0.3, -0.25) is 0 Å². The highest BCUT2D eigenvalue weighted by Gasteiger charge is 2.20. The maximum atomic E-state index is 10.7. The third-order valence-corrected chi connectivity index (χ3v) is 3.05. The summed E-state index contributed by atoms with van der Waals surface area (Å²) in [5.74, 6) is 0.808. The molecule has 0 saturated heterocycles. The lowest BCUT2D eigenvalue weighted by atomic mass is 9.99. The van der Waals surface area contributed by atoms with Crippen LogP contribution < -0.4 is 0 Å².